The number of nitrogens with zero attached hydrogens (tertiary/aromatic N) is 2. The molecular weight excluding hydrogens is 310 g/mol. The van der Waals surface area contributed by atoms with Gasteiger partial charge in [-0.05, 0) is 6.07 Å². The van der Waals surface area contributed by atoms with Crippen LogP contribution in [0.15, 0.2) is 11.4 Å². The average molecular weight is 330 g/mol. The first-order valence-electron chi connectivity index (χ1n) is 7.03. The zero-order valence-electron chi connectivity index (χ0n) is 12.1. The molecule has 1 fully saturated rings. The van der Waals surface area contributed by atoms with Gasteiger partial charge in [0.2, 0.25) is 11.8 Å². The predicted molar refractivity (Wildman–Crippen MR) is 84.5 cm³/mol. The van der Waals surface area contributed by atoms with Crippen LogP contribution in [-0.2, 0) is 16.1 Å². The summed E-state index contributed by atoms with van der Waals surface area (Å²) in [5.74, 6) is 0.230. The van der Waals surface area contributed by atoms with Gasteiger partial charge in [0.15, 0.2) is 0 Å². The lowest BCUT2D eigenvalue weighted by Gasteiger charge is -2.34. The summed E-state index contributed by atoms with van der Waals surface area (Å²) in [6.45, 7) is 5.52. The largest absolute Gasteiger partial charge is 0.339 e. The van der Waals surface area contributed by atoms with E-state index in [9.17, 15) is 9.59 Å². The molecule has 1 aliphatic heterocycles. The molecule has 0 aromatic carbocycles. The number of amides is 2. The van der Waals surface area contributed by atoms with Crippen molar-refractivity contribution in [3.05, 3.63) is 21.3 Å². The van der Waals surface area contributed by atoms with Crippen LogP contribution >= 0.6 is 22.9 Å². The van der Waals surface area contributed by atoms with Crippen LogP contribution in [0.25, 0.3) is 0 Å². The molecule has 7 heteroatoms. The second-order valence-electron chi connectivity index (χ2n) is 5.04. The van der Waals surface area contributed by atoms with Crippen LogP contribution in [0.3, 0.4) is 0 Å². The Morgan fingerprint density at radius 3 is 2.52 bits per heavy atom. The summed E-state index contributed by atoms with van der Waals surface area (Å²) in [7, 11) is 0. The zero-order chi connectivity index (χ0) is 15.2. The maximum absolute atomic E-state index is 12.1. The number of carbonyl (C=O) groups excluding carboxylic acids is 2. The van der Waals surface area contributed by atoms with Gasteiger partial charge in [-0.15, -0.1) is 11.3 Å². The lowest BCUT2D eigenvalue weighted by Crippen LogP contribution is -2.50. The van der Waals surface area contributed by atoms with Crippen LogP contribution in [0.5, 0.6) is 0 Å². The van der Waals surface area contributed by atoms with E-state index in [4.69, 9.17) is 11.6 Å². The monoisotopic (exact) mass is 329 g/mol. The summed E-state index contributed by atoms with van der Waals surface area (Å²) in [5, 5.41) is 5.91. The van der Waals surface area contributed by atoms with Crippen molar-refractivity contribution < 1.29 is 9.59 Å². The van der Waals surface area contributed by atoms with Crippen LogP contribution in [-0.4, -0.2) is 54.3 Å². The van der Waals surface area contributed by atoms with Crippen LogP contribution < -0.4 is 5.32 Å². The molecule has 0 atom stereocenters. The van der Waals surface area contributed by atoms with Crippen molar-refractivity contribution in [3.63, 3.8) is 0 Å². The van der Waals surface area contributed by atoms with E-state index in [-0.39, 0.29) is 11.8 Å². The van der Waals surface area contributed by atoms with E-state index >= 15 is 0 Å². The molecule has 2 amide bonds. The lowest BCUT2D eigenvalue weighted by atomic mass is 10.2. The van der Waals surface area contributed by atoms with E-state index in [2.05, 4.69) is 5.32 Å². The SMILES string of the molecule is CC(=O)N1CCN(C(=O)CCNCc2cc(Cl)cs2)CC1. The van der Waals surface area contributed by atoms with Crippen molar-refractivity contribution >= 4 is 34.8 Å². The Bertz CT molecular complexity index is 498. The zero-order valence-corrected chi connectivity index (χ0v) is 13.7. The van der Waals surface area contributed by atoms with Gasteiger partial charge in [-0.2, -0.15) is 0 Å². The fourth-order valence-electron chi connectivity index (χ4n) is 2.28. The summed E-state index contributed by atoms with van der Waals surface area (Å²) >= 11 is 7.47. The van der Waals surface area contributed by atoms with E-state index in [1.54, 1.807) is 23.2 Å². The molecule has 0 aliphatic carbocycles. The highest BCUT2D eigenvalue weighted by Crippen LogP contribution is 2.18. The number of hydrogen-bond donors (Lipinski definition) is 1. The van der Waals surface area contributed by atoms with Crippen molar-refractivity contribution in [2.45, 2.75) is 19.9 Å². The Balaban J connectivity index is 1.63. The van der Waals surface area contributed by atoms with Gasteiger partial charge in [0.05, 0.1) is 5.02 Å². The first kappa shape index (κ1) is 16.3. The minimum Gasteiger partial charge on any atom is -0.339 e. The van der Waals surface area contributed by atoms with Crippen LogP contribution in [0.4, 0.5) is 0 Å². The number of hydrogen-bond acceptors (Lipinski definition) is 4. The summed E-state index contributed by atoms with van der Waals surface area (Å²) in [6.07, 6.45) is 0.485. The third kappa shape index (κ3) is 4.98. The predicted octanol–water partition coefficient (Wildman–Crippen LogP) is 1.57. The van der Waals surface area contributed by atoms with Gasteiger partial charge in [-0.25, -0.2) is 0 Å². The standard InChI is InChI=1S/C14H20ClN3O2S/c1-11(19)17-4-6-18(7-5-17)14(20)2-3-16-9-13-8-12(15)10-21-13/h8,10,16H,2-7,9H2,1H3. The Hall–Kier alpha value is -1.11. The maximum atomic E-state index is 12.1. The Labute approximate surface area is 133 Å². The molecule has 1 N–H and O–H groups in total. The number of nitrogens with one attached hydrogen (secondary N) is 1. The first-order chi connectivity index (χ1) is 10.1. The first-order valence-corrected chi connectivity index (χ1v) is 8.29. The maximum Gasteiger partial charge on any atom is 0.223 e. The molecule has 2 heterocycles. The van der Waals surface area contributed by atoms with Crippen LogP contribution in [0.2, 0.25) is 5.02 Å². The van der Waals surface area contributed by atoms with Crippen LogP contribution in [0, 0.1) is 0 Å². The van der Waals surface area contributed by atoms with E-state index < -0.39 is 0 Å². The minimum atomic E-state index is 0.0818. The molecule has 0 spiro atoms. The molecule has 0 saturated carbocycles. The molecule has 1 aromatic heterocycles. The molecule has 116 valence electrons. The normalized spacial score (nSPS) is 15.3. The third-order valence-corrected chi connectivity index (χ3v) is 4.80. The van der Waals surface area contributed by atoms with Gasteiger partial charge in [-0.1, -0.05) is 11.6 Å². The molecule has 21 heavy (non-hydrogen) atoms. The van der Waals surface area contributed by atoms with Crippen molar-refractivity contribution in [2.24, 2.45) is 0 Å². The van der Waals surface area contributed by atoms with E-state index in [1.807, 2.05) is 16.3 Å². The highest BCUT2D eigenvalue weighted by Gasteiger charge is 2.21. The highest BCUT2D eigenvalue weighted by molar-refractivity contribution is 7.10. The summed E-state index contributed by atoms with van der Waals surface area (Å²) in [6, 6.07) is 1.93. The molecule has 0 bridgehead atoms. The number of carbonyl (C=O) groups is 2. The van der Waals surface area contributed by atoms with Crippen molar-refractivity contribution in [3.8, 4) is 0 Å². The molecule has 1 aliphatic rings. The van der Waals surface area contributed by atoms with Gasteiger partial charge < -0.3 is 15.1 Å². The second kappa shape index (κ2) is 7.77. The number of piperazine rings is 1. The number of thiophene rings is 1. The van der Waals surface area contributed by atoms with Crippen molar-refractivity contribution in [2.75, 3.05) is 32.7 Å². The molecule has 0 unspecified atom stereocenters. The topological polar surface area (TPSA) is 52.7 Å². The fourth-order valence-corrected chi connectivity index (χ4v) is 3.32. The minimum absolute atomic E-state index is 0.0818. The molecular formula is C14H20ClN3O2S. The van der Waals surface area contributed by atoms with Crippen molar-refractivity contribution in [1.82, 2.24) is 15.1 Å². The van der Waals surface area contributed by atoms with Crippen LogP contribution in [0.1, 0.15) is 18.2 Å². The second-order valence-corrected chi connectivity index (χ2v) is 6.48. The summed E-state index contributed by atoms with van der Waals surface area (Å²) in [5.41, 5.74) is 0. The molecule has 1 saturated heterocycles. The van der Waals surface area contributed by atoms with Crippen molar-refractivity contribution in [1.29, 1.82) is 0 Å². The Morgan fingerprint density at radius 1 is 1.29 bits per heavy atom. The molecule has 2 rings (SSSR count). The van der Waals surface area contributed by atoms with Gasteiger partial charge in [0.25, 0.3) is 0 Å². The lowest BCUT2D eigenvalue weighted by molar-refractivity contribution is -0.138. The van der Waals surface area contributed by atoms with E-state index in [0.29, 0.717) is 39.1 Å². The van der Waals surface area contributed by atoms with E-state index in [1.165, 1.54) is 4.88 Å². The van der Waals surface area contributed by atoms with Gasteiger partial charge in [-0.3, -0.25) is 9.59 Å². The molecule has 0 radical (unpaired) electrons. The molecule has 5 nitrogen and oxygen atoms in total. The summed E-state index contributed by atoms with van der Waals surface area (Å²) in [4.78, 5) is 28.1. The fraction of sp³-hybridized carbons (Fsp3) is 0.571. The average Bonchev–Trinajstić information content (AvgIpc) is 2.89. The Morgan fingerprint density at radius 2 is 1.95 bits per heavy atom. The summed E-state index contributed by atoms with van der Waals surface area (Å²) < 4.78 is 0. The highest BCUT2D eigenvalue weighted by atomic mass is 35.5. The molecule has 1 aromatic rings. The van der Waals surface area contributed by atoms with Gasteiger partial charge >= 0.3 is 0 Å². The van der Waals surface area contributed by atoms with Gasteiger partial charge in [0, 0.05) is 62.9 Å². The Kier molecular flexibility index (Phi) is 6.02. The number of rotatable bonds is 5. The third-order valence-electron chi connectivity index (χ3n) is 3.51. The van der Waals surface area contributed by atoms with E-state index in [0.717, 1.165) is 11.6 Å². The number of halogens is 1. The van der Waals surface area contributed by atoms with Gasteiger partial charge in [0.1, 0.15) is 0 Å². The quantitative estimate of drug-likeness (QED) is 0.834. The smallest absolute Gasteiger partial charge is 0.223 e.